The number of likely N-dealkylation sites (N-methyl/N-ethyl adjacent to an activating group) is 1. The Morgan fingerprint density at radius 1 is 0.961 bits per heavy atom. The number of nitrogens with zero attached hydrogens (tertiary/aromatic N) is 3. The summed E-state index contributed by atoms with van der Waals surface area (Å²) in [6.45, 7) is 22.6. The number of hydrogen-bond donors (Lipinski definition) is 6. The number of ether oxygens (including phenoxy) is 7. The molecule has 430 valence electrons. The van der Waals surface area contributed by atoms with Gasteiger partial charge in [-0.05, 0) is 146 Å². The van der Waals surface area contributed by atoms with Gasteiger partial charge in [-0.1, -0.05) is 56.0 Å². The molecular formula is C56H89IN4O15. The Morgan fingerprint density at radius 2 is 1.63 bits per heavy atom. The van der Waals surface area contributed by atoms with E-state index in [0.29, 0.717) is 12.8 Å². The summed E-state index contributed by atoms with van der Waals surface area (Å²) in [7, 11) is 5.17. The lowest BCUT2D eigenvalue weighted by molar-refractivity contribution is -0.297. The standard InChI is InChI=1S/C56H89IN4O15/c1-15-71-43(62)24-27-60(53(67)58-36(6)40-23-18-21-39-20-16-17-22-41(39)40)25-19-26-61-31-32(2)29-54(9,68)49(75-51-45(63)42(59(12)13)28-33(3)72-51)34(4)46(74-44-30-55(10,70-14)48(65)38(8)73-44)35(5)50(66)76-52(57)56(11,69)47(64)37(61)7/h16-18,20-23,32-33,35-38,42,44-49,51-52,63-65,68-69H,4,15,19,24-31H2,1-3,5-14H3,(H,58,67)/t32-,33-,35-,36?,37-,38+,42+,44+,45-,46+,47-,48+,49-,51+,52+,54-,55-,56+/m1/s1. The molecule has 2 aromatic carbocycles. The van der Waals surface area contributed by atoms with E-state index in [2.05, 4.69) is 11.9 Å². The number of nitrogens with one attached hydrogen (secondary N) is 1. The van der Waals surface area contributed by atoms with Crippen molar-refractivity contribution in [2.24, 2.45) is 11.8 Å². The number of cyclic esters (lactones) is 1. The van der Waals surface area contributed by atoms with E-state index in [1.54, 1.807) is 69.0 Å². The third kappa shape index (κ3) is 15.6. The number of methoxy groups -OCH3 is 1. The van der Waals surface area contributed by atoms with E-state index in [1.807, 2.05) is 87.1 Å². The minimum Gasteiger partial charge on any atom is -0.466 e. The van der Waals surface area contributed by atoms with Crippen LogP contribution in [0.4, 0.5) is 4.79 Å². The molecule has 3 fully saturated rings. The first-order chi connectivity index (χ1) is 35.6. The summed E-state index contributed by atoms with van der Waals surface area (Å²) in [4.78, 5) is 46.8. The average Bonchev–Trinajstić information content (AvgIpc) is 3.36. The maximum Gasteiger partial charge on any atom is 0.317 e. The molecule has 5 rings (SSSR count). The molecule has 1 unspecified atom stereocenters. The molecule has 2 aromatic rings. The number of esters is 2. The first-order valence-corrected chi connectivity index (χ1v) is 28.1. The number of carbonyl (C=O) groups is 3. The molecule has 6 N–H and O–H groups in total. The van der Waals surface area contributed by atoms with Gasteiger partial charge in [0.05, 0.1) is 54.5 Å². The molecule has 3 aliphatic rings. The number of aliphatic hydroxyl groups excluding tert-OH is 3. The van der Waals surface area contributed by atoms with E-state index in [9.17, 15) is 39.9 Å². The molecule has 3 heterocycles. The molecule has 0 aromatic heterocycles. The molecule has 18 atom stereocenters. The second-order valence-corrected chi connectivity index (χ2v) is 23.5. The zero-order valence-electron chi connectivity index (χ0n) is 47.0. The molecule has 3 aliphatic heterocycles. The number of rotatable bonds is 16. The van der Waals surface area contributed by atoms with Gasteiger partial charge in [-0.15, -0.1) is 0 Å². The second-order valence-electron chi connectivity index (χ2n) is 22.4. The Labute approximate surface area is 464 Å². The van der Waals surface area contributed by atoms with Crippen molar-refractivity contribution in [1.82, 2.24) is 20.0 Å². The molecule has 0 spiro atoms. The summed E-state index contributed by atoms with van der Waals surface area (Å²) in [5, 5.41) is 65.4. The van der Waals surface area contributed by atoms with Crippen LogP contribution in [-0.4, -0.2) is 200 Å². The summed E-state index contributed by atoms with van der Waals surface area (Å²) in [6, 6.07) is 11.9. The van der Waals surface area contributed by atoms with E-state index in [4.69, 9.17) is 33.2 Å². The number of carbonyl (C=O) groups excluding carboxylic acids is 3. The third-order valence-corrected chi connectivity index (χ3v) is 17.2. The maximum atomic E-state index is 14.5. The van der Waals surface area contributed by atoms with Crippen LogP contribution in [0.25, 0.3) is 10.8 Å². The van der Waals surface area contributed by atoms with Crippen molar-refractivity contribution in [3.05, 3.63) is 60.2 Å². The summed E-state index contributed by atoms with van der Waals surface area (Å²) in [6.07, 6.45) is -8.94. The maximum absolute atomic E-state index is 14.5. The van der Waals surface area contributed by atoms with Crippen LogP contribution in [0.5, 0.6) is 0 Å². The average molecular weight is 1190 g/mol. The van der Waals surface area contributed by atoms with Gasteiger partial charge in [-0.2, -0.15) is 0 Å². The van der Waals surface area contributed by atoms with Crippen molar-refractivity contribution in [2.45, 2.75) is 196 Å². The van der Waals surface area contributed by atoms with Crippen LogP contribution in [0.2, 0.25) is 0 Å². The highest BCUT2D eigenvalue weighted by molar-refractivity contribution is 14.1. The molecule has 0 bridgehead atoms. The van der Waals surface area contributed by atoms with Crippen LogP contribution in [0.1, 0.15) is 113 Å². The highest BCUT2D eigenvalue weighted by atomic mass is 127. The second kappa shape index (κ2) is 27.4. The quantitative estimate of drug-likeness (QED) is 0.0531. The lowest BCUT2D eigenvalue weighted by atomic mass is 9.81. The minimum absolute atomic E-state index is 0.0351. The van der Waals surface area contributed by atoms with Crippen molar-refractivity contribution in [3.8, 4) is 0 Å². The topological polar surface area (TPSA) is 239 Å². The molecular weight excluding hydrogens is 1100 g/mol. The van der Waals surface area contributed by atoms with Crippen LogP contribution in [0.3, 0.4) is 0 Å². The first kappa shape index (κ1) is 63.7. The van der Waals surface area contributed by atoms with Crippen LogP contribution < -0.4 is 5.32 Å². The Hall–Kier alpha value is -3.10. The Bertz CT molecular complexity index is 2230. The fourth-order valence-electron chi connectivity index (χ4n) is 11.1. The number of urea groups is 1. The number of aliphatic hydroxyl groups is 5. The number of hydrogen-bond acceptors (Lipinski definition) is 17. The molecule has 2 amide bonds. The van der Waals surface area contributed by atoms with E-state index in [1.165, 1.54) is 14.0 Å². The largest absolute Gasteiger partial charge is 0.466 e. The number of amides is 2. The van der Waals surface area contributed by atoms with Crippen molar-refractivity contribution in [1.29, 1.82) is 0 Å². The van der Waals surface area contributed by atoms with Crippen molar-refractivity contribution >= 4 is 51.3 Å². The highest BCUT2D eigenvalue weighted by Gasteiger charge is 2.52. The highest BCUT2D eigenvalue weighted by Crippen LogP contribution is 2.40. The summed E-state index contributed by atoms with van der Waals surface area (Å²) >= 11 is 1.80. The van der Waals surface area contributed by atoms with Crippen LogP contribution in [0, 0.1) is 11.8 Å². The summed E-state index contributed by atoms with van der Waals surface area (Å²) in [5.74, 6) is -2.87. The van der Waals surface area contributed by atoms with Gasteiger partial charge in [0, 0.05) is 51.8 Å². The van der Waals surface area contributed by atoms with Crippen LogP contribution in [0.15, 0.2) is 54.6 Å². The number of halogens is 1. The fraction of sp³-hybridized carbons (Fsp3) is 0.732. The van der Waals surface area contributed by atoms with Crippen molar-refractivity contribution < 1.29 is 73.1 Å². The minimum atomic E-state index is -2.03. The predicted molar refractivity (Wildman–Crippen MR) is 295 cm³/mol. The number of alkyl halides is 1. The molecule has 0 radical (unpaired) electrons. The molecule has 76 heavy (non-hydrogen) atoms. The molecule has 3 saturated heterocycles. The summed E-state index contributed by atoms with van der Waals surface area (Å²) in [5.41, 5.74) is -3.92. The predicted octanol–water partition coefficient (Wildman–Crippen LogP) is 5.44. The van der Waals surface area contributed by atoms with E-state index in [-0.39, 0.29) is 87.8 Å². The van der Waals surface area contributed by atoms with Crippen molar-refractivity contribution in [2.75, 3.05) is 54.0 Å². The van der Waals surface area contributed by atoms with Gasteiger partial charge in [0.15, 0.2) is 16.7 Å². The van der Waals surface area contributed by atoms with Gasteiger partial charge in [-0.25, -0.2) is 4.79 Å². The molecule has 0 saturated carbocycles. The van der Waals surface area contributed by atoms with Crippen LogP contribution in [-0.2, 0) is 42.7 Å². The van der Waals surface area contributed by atoms with E-state index >= 15 is 0 Å². The van der Waals surface area contributed by atoms with Gasteiger partial charge in [-0.3, -0.25) is 14.5 Å². The molecule has 19 nitrogen and oxygen atoms in total. The summed E-state index contributed by atoms with van der Waals surface area (Å²) < 4.78 is 41.6. The smallest absolute Gasteiger partial charge is 0.317 e. The first-order valence-electron chi connectivity index (χ1n) is 26.8. The number of fused-ring (bicyclic) bond motifs is 1. The lowest BCUT2D eigenvalue weighted by Gasteiger charge is -2.47. The van der Waals surface area contributed by atoms with Gasteiger partial charge < -0.3 is 73.8 Å². The zero-order valence-corrected chi connectivity index (χ0v) is 49.2. The van der Waals surface area contributed by atoms with Gasteiger partial charge in [0.25, 0.3) is 0 Å². The van der Waals surface area contributed by atoms with Crippen molar-refractivity contribution in [3.63, 3.8) is 0 Å². The van der Waals surface area contributed by atoms with Gasteiger partial charge in [0.2, 0.25) is 0 Å². The molecule has 20 heteroatoms. The Morgan fingerprint density at radius 3 is 2.29 bits per heavy atom. The van der Waals surface area contributed by atoms with Crippen LogP contribution >= 0.6 is 22.6 Å². The zero-order chi connectivity index (χ0) is 56.6. The van der Waals surface area contributed by atoms with E-state index in [0.717, 1.165) is 16.3 Å². The normalized spacial score (nSPS) is 36.9. The lowest BCUT2D eigenvalue weighted by Crippen LogP contribution is -2.59. The third-order valence-electron chi connectivity index (χ3n) is 15.7. The Kier molecular flexibility index (Phi) is 23.0. The van der Waals surface area contributed by atoms with E-state index < -0.39 is 94.0 Å². The monoisotopic (exact) mass is 1180 g/mol. The Balaban J connectivity index is 1.50. The molecule has 0 aliphatic carbocycles. The van der Waals surface area contributed by atoms with Gasteiger partial charge >= 0.3 is 18.0 Å². The van der Waals surface area contributed by atoms with Gasteiger partial charge in [0.1, 0.15) is 30.0 Å². The SMILES string of the molecule is C=C1[C@@H](O[C@@H]2O[C@H](C)C[C@H](N(C)C)[C@H]2O)[C@](C)(O)C[C@@H](C)CN(CCCN(CCC(=O)OCC)C(=O)NC(C)c2cccc3ccccc23)[C@H](C)[C@@H](O)[C@](C)(O)[C@@H](I)OC(=O)[C@H](C)[C@H]1O[C@H]1C[C@@](C)(OC)[C@@H](O)[C@H](C)O1. The number of benzene rings is 2. The fourth-order valence-corrected chi connectivity index (χ4v) is 11.7.